The van der Waals surface area contributed by atoms with Gasteiger partial charge in [-0.1, -0.05) is 18.2 Å². The van der Waals surface area contributed by atoms with Crippen LogP contribution in [0.15, 0.2) is 41.8 Å². The summed E-state index contributed by atoms with van der Waals surface area (Å²) < 4.78 is 0. The molecule has 0 unspecified atom stereocenters. The second-order valence-corrected chi connectivity index (χ2v) is 5.67. The number of aliphatic hydroxyl groups is 1. The molecule has 0 saturated heterocycles. The minimum absolute atomic E-state index is 0.358. The van der Waals surface area contributed by atoms with Crippen molar-refractivity contribution in [2.45, 2.75) is 19.1 Å². The van der Waals surface area contributed by atoms with Gasteiger partial charge in [0.1, 0.15) is 6.04 Å². The lowest BCUT2D eigenvalue weighted by atomic mass is 10.1. The fraction of sp³-hybridized carbons (Fsp3) is 0.200. The molecular formula is C15H16N2O4S. The average molecular weight is 320 g/mol. The van der Waals surface area contributed by atoms with Crippen LogP contribution in [0.2, 0.25) is 0 Å². The van der Waals surface area contributed by atoms with Crippen molar-refractivity contribution >= 4 is 23.2 Å². The molecule has 0 bridgehead atoms. The van der Waals surface area contributed by atoms with E-state index in [4.69, 9.17) is 5.21 Å². The molecular weight excluding hydrogens is 304 g/mol. The Morgan fingerprint density at radius 3 is 2.36 bits per heavy atom. The molecule has 0 fully saturated rings. The van der Waals surface area contributed by atoms with E-state index in [0.29, 0.717) is 5.56 Å². The van der Waals surface area contributed by atoms with E-state index >= 15 is 0 Å². The van der Waals surface area contributed by atoms with Gasteiger partial charge in [0.15, 0.2) is 0 Å². The molecule has 2 aromatic rings. The van der Waals surface area contributed by atoms with Crippen LogP contribution >= 0.6 is 11.3 Å². The highest BCUT2D eigenvalue weighted by molar-refractivity contribution is 7.13. The van der Waals surface area contributed by atoms with E-state index in [9.17, 15) is 14.7 Å². The number of carbonyl (C=O) groups is 2. The zero-order valence-corrected chi connectivity index (χ0v) is 12.6. The summed E-state index contributed by atoms with van der Waals surface area (Å²) in [4.78, 5) is 24.6. The third-order valence-electron chi connectivity index (χ3n) is 3.11. The number of nitrogens with one attached hydrogen (secondary N) is 2. The van der Waals surface area contributed by atoms with E-state index in [1.165, 1.54) is 12.4 Å². The first kappa shape index (κ1) is 16.2. The Labute approximate surface area is 131 Å². The summed E-state index contributed by atoms with van der Waals surface area (Å²) in [6.07, 6.45) is -1.14. The molecule has 6 nitrogen and oxygen atoms in total. The van der Waals surface area contributed by atoms with Crippen LogP contribution in [0.4, 0.5) is 0 Å². The highest BCUT2D eigenvalue weighted by Crippen LogP contribution is 2.24. The minimum Gasteiger partial charge on any atom is -0.391 e. The highest BCUT2D eigenvalue weighted by Gasteiger charge is 2.25. The second kappa shape index (κ2) is 7.17. The SMILES string of the molecule is C[C@@H](O)[C@H](NC(=O)c1ccc(-c2cccs2)cc1)C(=O)NO. The zero-order chi connectivity index (χ0) is 16.1. The van der Waals surface area contributed by atoms with Crippen LogP contribution < -0.4 is 10.8 Å². The third-order valence-corrected chi connectivity index (χ3v) is 4.03. The van der Waals surface area contributed by atoms with Gasteiger partial charge in [-0.3, -0.25) is 14.8 Å². The predicted molar refractivity (Wildman–Crippen MR) is 82.6 cm³/mol. The van der Waals surface area contributed by atoms with Gasteiger partial charge in [-0.25, -0.2) is 5.48 Å². The maximum atomic E-state index is 12.1. The maximum absolute atomic E-state index is 12.1. The molecule has 22 heavy (non-hydrogen) atoms. The number of carbonyl (C=O) groups excluding carboxylic acids is 2. The average Bonchev–Trinajstić information content (AvgIpc) is 3.06. The Kier molecular flexibility index (Phi) is 5.26. The van der Waals surface area contributed by atoms with E-state index in [1.54, 1.807) is 23.5 Å². The number of hydroxylamine groups is 1. The Morgan fingerprint density at radius 1 is 1.18 bits per heavy atom. The van der Waals surface area contributed by atoms with E-state index < -0.39 is 24.0 Å². The van der Waals surface area contributed by atoms with Crippen molar-refractivity contribution in [1.29, 1.82) is 0 Å². The van der Waals surface area contributed by atoms with Gasteiger partial charge in [0.2, 0.25) is 0 Å². The molecule has 1 aromatic heterocycles. The Morgan fingerprint density at radius 2 is 1.86 bits per heavy atom. The molecule has 0 aliphatic rings. The number of benzene rings is 1. The number of thiophene rings is 1. The number of hydrogen-bond donors (Lipinski definition) is 4. The van der Waals surface area contributed by atoms with Gasteiger partial charge in [-0.05, 0) is 36.1 Å². The largest absolute Gasteiger partial charge is 0.391 e. The quantitative estimate of drug-likeness (QED) is 0.494. The molecule has 0 radical (unpaired) electrons. The predicted octanol–water partition coefficient (Wildman–Crippen LogP) is 1.40. The smallest absolute Gasteiger partial charge is 0.268 e. The van der Waals surface area contributed by atoms with Gasteiger partial charge in [0.05, 0.1) is 6.10 Å². The summed E-state index contributed by atoms with van der Waals surface area (Å²) >= 11 is 1.60. The number of hydrogen-bond acceptors (Lipinski definition) is 5. The van der Waals surface area contributed by atoms with Crippen LogP contribution in [0.5, 0.6) is 0 Å². The summed E-state index contributed by atoms with van der Waals surface area (Å²) in [6, 6.07) is 9.60. The number of aliphatic hydroxyl groups excluding tert-OH is 1. The lowest BCUT2D eigenvalue weighted by molar-refractivity contribution is -0.133. The topological polar surface area (TPSA) is 98.7 Å². The number of rotatable bonds is 5. The summed E-state index contributed by atoms with van der Waals surface area (Å²) in [6.45, 7) is 1.35. The van der Waals surface area contributed by atoms with Crippen molar-refractivity contribution in [3.8, 4) is 10.4 Å². The normalized spacial score (nSPS) is 13.2. The standard InChI is InChI=1S/C15H16N2O4S/c1-9(18)13(15(20)17-21)16-14(19)11-6-4-10(5-7-11)12-3-2-8-22-12/h2-9,13,18,21H,1H3,(H,16,19)(H,17,20)/t9-,13+/m1/s1. The highest BCUT2D eigenvalue weighted by atomic mass is 32.1. The van der Waals surface area contributed by atoms with E-state index in [1.807, 2.05) is 29.6 Å². The summed E-state index contributed by atoms with van der Waals surface area (Å²) in [5, 5.41) is 22.5. The summed E-state index contributed by atoms with van der Waals surface area (Å²) in [5.74, 6) is -1.38. The summed E-state index contributed by atoms with van der Waals surface area (Å²) in [5.41, 5.74) is 2.77. The fourth-order valence-electron chi connectivity index (χ4n) is 1.93. The van der Waals surface area contributed by atoms with Gasteiger partial charge in [-0.2, -0.15) is 0 Å². The fourth-order valence-corrected chi connectivity index (χ4v) is 2.66. The molecule has 2 atom stereocenters. The molecule has 7 heteroatoms. The van der Waals surface area contributed by atoms with E-state index in [2.05, 4.69) is 5.32 Å². The molecule has 2 rings (SSSR count). The zero-order valence-electron chi connectivity index (χ0n) is 11.8. The van der Waals surface area contributed by atoms with Crippen LogP contribution in [-0.4, -0.2) is 34.3 Å². The first-order valence-corrected chi connectivity index (χ1v) is 7.47. The molecule has 0 saturated carbocycles. The van der Waals surface area contributed by atoms with Crippen molar-refractivity contribution in [2.75, 3.05) is 0 Å². The van der Waals surface area contributed by atoms with E-state index in [0.717, 1.165) is 10.4 Å². The lowest BCUT2D eigenvalue weighted by Gasteiger charge is -2.19. The van der Waals surface area contributed by atoms with E-state index in [-0.39, 0.29) is 0 Å². The first-order valence-electron chi connectivity index (χ1n) is 6.59. The van der Waals surface area contributed by atoms with Crippen LogP contribution in [0, 0.1) is 0 Å². The third kappa shape index (κ3) is 3.70. The Bertz CT molecular complexity index is 638. The molecule has 0 aliphatic carbocycles. The second-order valence-electron chi connectivity index (χ2n) is 4.72. The molecule has 116 valence electrons. The van der Waals surface area contributed by atoms with Gasteiger partial charge in [0, 0.05) is 10.4 Å². The summed E-state index contributed by atoms with van der Waals surface area (Å²) in [7, 11) is 0. The van der Waals surface area contributed by atoms with Crippen molar-refractivity contribution in [2.24, 2.45) is 0 Å². The molecule has 1 heterocycles. The molecule has 1 aromatic carbocycles. The maximum Gasteiger partial charge on any atom is 0.268 e. The lowest BCUT2D eigenvalue weighted by Crippen LogP contribution is -2.51. The van der Waals surface area contributed by atoms with Crippen LogP contribution in [-0.2, 0) is 4.79 Å². The Hall–Kier alpha value is -2.22. The van der Waals surface area contributed by atoms with Crippen LogP contribution in [0.3, 0.4) is 0 Å². The molecule has 2 amide bonds. The Balaban J connectivity index is 2.11. The molecule has 4 N–H and O–H groups in total. The first-order chi connectivity index (χ1) is 10.5. The minimum atomic E-state index is -1.23. The molecule has 0 aliphatic heterocycles. The van der Waals surface area contributed by atoms with Gasteiger partial charge < -0.3 is 10.4 Å². The van der Waals surface area contributed by atoms with Gasteiger partial charge >= 0.3 is 0 Å². The van der Waals surface area contributed by atoms with Gasteiger partial charge in [-0.15, -0.1) is 11.3 Å². The van der Waals surface area contributed by atoms with Crippen molar-refractivity contribution in [3.05, 3.63) is 47.3 Å². The van der Waals surface area contributed by atoms with Gasteiger partial charge in [0.25, 0.3) is 11.8 Å². The number of amides is 2. The van der Waals surface area contributed by atoms with Crippen molar-refractivity contribution in [3.63, 3.8) is 0 Å². The van der Waals surface area contributed by atoms with Crippen molar-refractivity contribution < 1.29 is 19.9 Å². The van der Waals surface area contributed by atoms with Crippen LogP contribution in [0.25, 0.3) is 10.4 Å². The van der Waals surface area contributed by atoms with Crippen LogP contribution in [0.1, 0.15) is 17.3 Å². The monoisotopic (exact) mass is 320 g/mol. The van der Waals surface area contributed by atoms with Crippen molar-refractivity contribution in [1.82, 2.24) is 10.8 Å². The molecule has 0 spiro atoms.